The summed E-state index contributed by atoms with van der Waals surface area (Å²) in [5.41, 5.74) is 17.5. The molecule has 0 radical (unpaired) electrons. The molecule has 0 saturated carbocycles. The SMILES string of the molecule is Cc1cc(C)c(-c2c(-c3cc(C(C)(C)C)cc(C(C)(C)C)c3O)nc3c(-c4cc(-c5ccc(C(C)(C)C)cc5)cc(-c5cc([Si](C)(C)C)ccn5)c4)cccn23)c(C)c1. The third-order valence-corrected chi connectivity index (χ3v) is 13.9. The van der Waals surface area contributed by atoms with Crippen LogP contribution in [0.5, 0.6) is 5.75 Å². The number of imidazole rings is 1. The number of hydrogen-bond acceptors (Lipinski definition) is 3. The van der Waals surface area contributed by atoms with Crippen LogP contribution in [0, 0.1) is 20.8 Å². The molecule has 7 aromatic rings. The molecular weight excluding hydrogens is 735 g/mol. The first-order chi connectivity index (χ1) is 27.4. The van der Waals surface area contributed by atoms with Crippen LogP contribution in [0.3, 0.4) is 0 Å². The minimum atomic E-state index is -1.60. The number of phenolic OH excluding ortho intramolecular Hbond substituents is 1. The highest BCUT2D eigenvalue weighted by atomic mass is 28.3. The molecule has 0 aliphatic heterocycles. The number of aromatic nitrogens is 3. The van der Waals surface area contributed by atoms with Gasteiger partial charge in [-0.1, -0.05) is 135 Å². The van der Waals surface area contributed by atoms with E-state index >= 15 is 0 Å². The summed E-state index contributed by atoms with van der Waals surface area (Å²) in [5, 5.41) is 13.7. The summed E-state index contributed by atoms with van der Waals surface area (Å²) in [6.07, 6.45) is 4.10. The van der Waals surface area contributed by atoms with Crippen molar-refractivity contribution >= 4 is 18.9 Å². The first kappa shape index (κ1) is 41.9. The molecule has 5 heteroatoms. The first-order valence-corrected chi connectivity index (χ1v) is 24.6. The van der Waals surface area contributed by atoms with E-state index in [1.54, 1.807) is 0 Å². The summed E-state index contributed by atoms with van der Waals surface area (Å²) in [5.74, 6) is 0.287. The number of aromatic hydroxyl groups is 1. The number of benzene rings is 4. The average Bonchev–Trinajstić information content (AvgIpc) is 3.52. The van der Waals surface area contributed by atoms with Crippen molar-refractivity contribution in [1.82, 2.24) is 14.4 Å². The number of fused-ring (bicyclic) bond motifs is 1. The van der Waals surface area contributed by atoms with Crippen LogP contribution in [-0.2, 0) is 16.2 Å². The number of rotatable bonds is 6. The van der Waals surface area contributed by atoms with Gasteiger partial charge in [0, 0.05) is 40.2 Å². The van der Waals surface area contributed by atoms with Crippen molar-refractivity contribution in [3.8, 4) is 61.8 Å². The van der Waals surface area contributed by atoms with Crippen LogP contribution in [0.2, 0.25) is 19.6 Å². The summed E-state index contributed by atoms with van der Waals surface area (Å²) >= 11 is 0. The molecule has 0 atom stereocenters. The fourth-order valence-electron chi connectivity index (χ4n) is 8.41. The Morgan fingerprint density at radius 1 is 0.593 bits per heavy atom. The van der Waals surface area contributed by atoms with E-state index in [1.165, 1.54) is 33.0 Å². The predicted octanol–water partition coefficient (Wildman–Crippen LogP) is 14.1. The Morgan fingerprint density at radius 2 is 1.20 bits per heavy atom. The van der Waals surface area contributed by atoms with Gasteiger partial charge in [-0.3, -0.25) is 9.38 Å². The normalized spacial score (nSPS) is 12.7. The average molecular weight is 798 g/mol. The van der Waals surface area contributed by atoms with Crippen molar-refractivity contribution in [3.63, 3.8) is 0 Å². The lowest BCUT2D eigenvalue weighted by atomic mass is 9.78. The van der Waals surface area contributed by atoms with Gasteiger partial charge in [0.15, 0.2) is 0 Å². The summed E-state index contributed by atoms with van der Waals surface area (Å²) in [6, 6.07) is 33.6. The van der Waals surface area contributed by atoms with Gasteiger partial charge in [0.2, 0.25) is 0 Å². The van der Waals surface area contributed by atoms with Crippen molar-refractivity contribution in [2.24, 2.45) is 0 Å². The first-order valence-electron chi connectivity index (χ1n) is 21.1. The Bertz CT molecular complexity index is 2700. The minimum Gasteiger partial charge on any atom is -0.507 e. The van der Waals surface area contributed by atoms with Gasteiger partial charge in [-0.2, -0.15) is 0 Å². The quantitative estimate of drug-likeness (QED) is 0.171. The number of pyridine rings is 2. The second kappa shape index (κ2) is 14.8. The van der Waals surface area contributed by atoms with E-state index in [9.17, 15) is 5.11 Å². The zero-order valence-corrected chi connectivity index (χ0v) is 39.1. The van der Waals surface area contributed by atoms with Crippen molar-refractivity contribution in [2.45, 2.75) is 119 Å². The Balaban J connectivity index is 1.57. The molecule has 0 unspecified atom stereocenters. The maximum atomic E-state index is 12.4. The maximum Gasteiger partial charge on any atom is 0.145 e. The molecular formula is C54H63N3OSi. The zero-order valence-electron chi connectivity index (χ0n) is 38.1. The van der Waals surface area contributed by atoms with Gasteiger partial charge < -0.3 is 5.11 Å². The molecule has 0 amide bonds. The Hall–Kier alpha value is -5.26. The lowest BCUT2D eigenvalue weighted by molar-refractivity contribution is 0.446. The lowest BCUT2D eigenvalue weighted by Crippen LogP contribution is -2.37. The van der Waals surface area contributed by atoms with E-state index in [0.29, 0.717) is 0 Å². The van der Waals surface area contributed by atoms with Gasteiger partial charge in [0.1, 0.15) is 17.1 Å². The zero-order chi connectivity index (χ0) is 43.0. The van der Waals surface area contributed by atoms with Gasteiger partial charge in [-0.15, -0.1) is 0 Å². The monoisotopic (exact) mass is 797 g/mol. The standard InChI is InChI=1S/C54H63N3OSi/c1-33-25-34(2)47(35(3)26-33)49-48(44-30-41(53(7,8)9)31-45(50(44)58)54(10,11)12)56-51-43(17-16-24-57(49)51)38-27-37(36-18-20-40(21-19-36)52(4,5)6)28-39(29-38)46-32-42(22-23-55-46)59(13,14)15/h16-32,58H,1-15H3. The molecule has 0 spiro atoms. The molecule has 3 heterocycles. The molecule has 4 aromatic carbocycles. The van der Waals surface area contributed by atoms with Gasteiger partial charge >= 0.3 is 0 Å². The van der Waals surface area contributed by atoms with Gasteiger partial charge in [-0.05, 0) is 124 Å². The highest BCUT2D eigenvalue weighted by Crippen LogP contribution is 2.47. The fraction of sp³-hybridized carbons (Fsp3) is 0.333. The smallest absolute Gasteiger partial charge is 0.145 e. The molecule has 0 aliphatic rings. The highest BCUT2D eigenvalue weighted by molar-refractivity contribution is 6.88. The summed E-state index contributed by atoms with van der Waals surface area (Å²) < 4.78 is 2.25. The van der Waals surface area contributed by atoms with Crippen molar-refractivity contribution in [3.05, 3.63) is 137 Å². The highest BCUT2D eigenvalue weighted by Gasteiger charge is 2.30. The number of aryl methyl sites for hydroxylation is 3. The van der Waals surface area contributed by atoms with Crippen LogP contribution in [0.25, 0.3) is 61.7 Å². The summed E-state index contributed by atoms with van der Waals surface area (Å²) in [6.45, 7) is 33.7. The molecule has 304 valence electrons. The Kier molecular flexibility index (Phi) is 10.5. The molecule has 1 N–H and O–H groups in total. The maximum absolute atomic E-state index is 12.4. The van der Waals surface area contributed by atoms with Crippen molar-refractivity contribution in [1.29, 1.82) is 0 Å². The van der Waals surface area contributed by atoms with Crippen LogP contribution < -0.4 is 5.19 Å². The summed E-state index contributed by atoms with van der Waals surface area (Å²) in [4.78, 5) is 10.6. The number of nitrogens with zero attached hydrogens (tertiary/aromatic N) is 3. The molecule has 7 rings (SSSR count). The molecule has 59 heavy (non-hydrogen) atoms. The van der Waals surface area contributed by atoms with E-state index < -0.39 is 8.07 Å². The van der Waals surface area contributed by atoms with Crippen LogP contribution in [0.15, 0.2) is 103 Å². The lowest BCUT2D eigenvalue weighted by Gasteiger charge is -2.27. The van der Waals surface area contributed by atoms with Crippen molar-refractivity contribution in [2.75, 3.05) is 0 Å². The molecule has 4 nitrogen and oxygen atoms in total. The molecule has 0 aliphatic carbocycles. The van der Waals surface area contributed by atoms with E-state index in [0.717, 1.165) is 67.2 Å². The molecule has 0 saturated heterocycles. The summed E-state index contributed by atoms with van der Waals surface area (Å²) in [7, 11) is -1.60. The van der Waals surface area contributed by atoms with E-state index in [4.69, 9.17) is 9.97 Å². The van der Waals surface area contributed by atoms with Crippen LogP contribution in [0.4, 0.5) is 0 Å². The third-order valence-electron chi connectivity index (χ3n) is 11.9. The molecule has 3 aromatic heterocycles. The van der Waals surface area contributed by atoms with E-state index in [1.807, 2.05) is 6.20 Å². The van der Waals surface area contributed by atoms with Crippen LogP contribution >= 0.6 is 0 Å². The third kappa shape index (κ3) is 8.19. The number of hydrogen-bond donors (Lipinski definition) is 1. The van der Waals surface area contributed by atoms with Crippen molar-refractivity contribution < 1.29 is 5.11 Å². The van der Waals surface area contributed by atoms with Crippen LogP contribution in [-0.4, -0.2) is 27.5 Å². The largest absolute Gasteiger partial charge is 0.507 e. The number of phenols is 1. The van der Waals surface area contributed by atoms with Gasteiger partial charge in [-0.25, -0.2) is 4.98 Å². The van der Waals surface area contributed by atoms with Gasteiger partial charge in [0.25, 0.3) is 0 Å². The minimum absolute atomic E-state index is 0.0567. The molecule has 0 fully saturated rings. The second-order valence-electron chi connectivity index (χ2n) is 20.9. The van der Waals surface area contributed by atoms with Crippen LogP contribution in [0.1, 0.15) is 95.7 Å². The van der Waals surface area contributed by atoms with Gasteiger partial charge in [0.05, 0.1) is 19.5 Å². The topological polar surface area (TPSA) is 50.4 Å². The Labute approximate surface area is 354 Å². The Morgan fingerprint density at radius 3 is 1.80 bits per heavy atom. The molecule has 0 bridgehead atoms. The van der Waals surface area contributed by atoms with E-state index in [2.05, 4.69) is 204 Å². The fourth-order valence-corrected chi connectivity index (χ4v) is 9.55. The van der Waals surface area contributed by atoms with E-state index in [-0.39, 0.29) is 22.0 Å². The second-order valence-corrected chi connectivity index (χ2v) is 26.0. The predicted molar refractivity (Wildman–Crippen MR) is 255 cm³/mol.